The van der Waals surface area contributed by atoms with Crippen molar-refractivity contribution in [2.24, 2.45) is 0 Å². The van der Waals surface area contributed by atoms with E-state index in [2.05, 4.69) is 39.4 Å². The minimum absolute atomic E-state index is 0.701. The van der Waals surface area contributed by atoms with Gasteiger partial charge in [-0.05, 0) is 30.7 Å². The lowest BCUT2D eigenvalue weighted by Gasteiger charge is -2.38. The van der Waals surface area contributed by atoms with Gasteiger partial charge in [-0.25, -0.2) is 4.98 Å². The van der Waals surface area contributed by atoms with Gasteiger partial charge in [0, 0.05) is 43.5 Å². The van der Waals surface area contributed by atoms with E-state index in [9.17, 15) is 0 Å². The highest BCUT2D eigenvalue weighted by Gasteiger charge is 2.24. The Labute approximate surface area is 107 Å². The van der Waals surface area contributed by atoms with Crippen molar-refractivity contribution in [3.63, 3.8) is 0 Å². The number of nitrogens with one attached hydrogen (secondary N) is 2. The normalized spacial score (nSPS) is 16.3. The van der Waals surface area contributed by atoms with Gasteiger partial charge in [-0.15, -0.1) is 0 Å². The molecule has 0 spiro atoms. The Morgan fingerprint density at radius 1 is 1.44 bits per heavy atom. The van der Waals surface area contributed by atoms with Gasteiger partial charge < -0.3 is 10.3 Å². The molecule has 0 atom stereocenters. The first-order valence-electron chi connectivity index (χ1n) is 6.74. The number of fused-ring (bicyclic) bond motifs is 1. The van der Waals surface area contributed by atoms with Crippen LogP contribution in [0.4, 0.5) is 0 Å². The summed E-state index contributed by atoms with van der Waals surface area (Å²) in [5.41, 5.74) is 2.36. The van der Waals surface area contributed by atoms with Gasteiger partial charge in [-0.3, -0.25) is 4.90 Å². The molecule has 96 valence electrons. The van der Waals surface area contributed by atoms with Crippen molar-refractivity contribution in [2.45, 2.75) is 25.9 Å². The van der Waals surface area contributed by atoms with Crippen molar-refractivity contribution in [1.82, 2.24) is 20.2 Å². The van der Waals surface area contributed by atoms with Crippen LogP contribution in [-0.2, 0) is 6.54 Å². The Bertz CT molecular complexity index is 515. The maximum Gasteiger partial charge on any atom is 0.137 e. The second-order valence-electron chi connectivity index (χ2n) is 5.00. The number of nitrogens with zero attached hydrogens (tertiary/aromatic N) is 2. The van der Waals surface area contributed by atoms with Gasteiger partial charge in [-0.1, -0.05) is 6.92 Å². The number of H-pyrrole nitrogens is 1. The van der Waals surface area contributed by atoms with Crippen LogP contribution < -0.4 is 5.32 Å². The molecule has 18 heavy (non-hydrogen) atoms. The third-order valence-corrected chi connectivity index (χ3v) is 3.70. The zero-order chi connectivity index (χ0) is 12.4. The highest BCUT2D eigenvalue weighted by atomic mass is 15.2. The first kappa shape index (κ1) is 11.7. The molecule has 0 saturated carbocycles. The number of hydrogen-bond acceptors (Lipinski definition) is 3. The van der Waals surface area contributed by atoms with Crippen LogP contribution in [0.2, 0.25) is 0 Å². The van der Waals surface area contributed by atoms with Crippen LogP contribution in [0.3, 0.4) is 0 Å². The van der Waals surface area contributed by atoms with E-state index >= 15 is 0 Å². The van der Waals surface area contributed by atoms with Crippen LogP contribution in [0, 0.1) is 0 Å². The van der Waals surface area contributed by atoms with E-state index in [-0.39, 0.29) is 0 Å². The third kappa shape index (κ3) is 2.13. The van der Waals surface area contributed by atoms with Crippen molar-refractivity contribution < 1.29 is 0 Å². The van der Waals surface area contributed by atoms with Crippen LogP contribution >= 0.6 is 0 Å². The minimum Gasteiger partial charge on any atom is -0.346 e. The molecule has 0 aliphatic carbocycles. The second-order valence-corrected chi connectivity index (χ2v) is 5.00. The highest BCUT2D eigenvalue weighted by Crippen LogP contribution is 2.19. The summed E-state index contributed by atoms with van der Waals surface area (Å²) in [6.07, 6.45) is 5.14. The van der Waals surface area contributed by atoms with Crippen molar-refractivity contribution in [3.8, 4) is 0 Å². The Morgan fingerprint density at radius 3 is 3.06 bits per heavy atom. The molecular weight excluding hydrogens is 224 g/mol. The predicted molar refractivity (Wildman–Crippen MR) is 73.5 cm³/mol. The van der Waals surface area contributed by atoms with Crippen molar-refractivity contribution in [3.05, 3.63) is 30.1 Å². The molecule has 0 aromatic carbocycles. The second kappa shape index (κ2) is 5.08. The molecule has 4 nitrogen and oxygen atoms in total. The summed E-state index contributed by atoms with van der Waals surface area (Å²) in [6, 6.07) is 4.86. The highest BCUT2D eigenvalue weighted by molar-refractivity contribution is 5.79. The fourth-order valence-electron chi connectivity index (χ4n) is 2.57. The molecule has 3 heterocycles. The monoisotopic (exact) mass is 244 g/mol. The molecule has 0 unspecified atom stereocenters. The van der Waals surface area contributed by atoms with E-state index in [0.717, 1.165) is 25.3 Å². The summed E-state index contributed by atoms with van der Waals surface area (Å²) in [5.74, 6) is 0. The van der Waals surface area contributed by atoms with Gasteiger partial charge in [0.1, 0.15) is 5.65 Å². The molecule has 0 amide bonds. The number of pyridine rings is 1. The van der Waals surface area contributed by atoms with E-state index in [0.29, 0.717) is 6.04 Å². The van der Waals surface area contributed by atoms with Crippen molar-refractivity contribution in [1.29, 1.82) is 0 Å². The summed E-state index contributed by atoms with van der Waals surface area (Å²) in [7, 11) is 0. The Hall–Kier alpha value is -1.39. The van der Waals surface area contributed by atoms with Gasteiger partial charge in [-0.2, -0.15) is 0 Å². The minimum atomic E-state index is 0.701. The predicted octanol–water partition coefficient (Wildman–Crippen LogP) is 1.75. The summed E-state index contributed by atoms with van der Waals surface area (Å²) < 4.78 is 0. The largest absolute Gasteiger partial charge is 0.346 e. The maximum absolute atomic E-state index is 4.35. The van der Waals surface area contributed by atoms with Crippen molar-refractivity contribution >= 4 is 11.0 Å². The van der Waals surface area contributed by atoms with E-state index < -0.39 is 0 Å². The lowest BCUT2D eigenvalue weighted by Crippen LogP contribution is -2.56. The molecule has 4 heteroatoms. The van der Waals surface area contributed by atoms with E-state index in [1.807, 2.05) is 12.3 Å². The van der Waals surface area contributed by atoms with Gasteiger partial charge in [0.2, 0.25) is 0 Å². The molecule has 2 aromatic rings. The fourth-order valence-corrected chi connectivity index (χ4v) is 2.57. The standard InChI is InChI=1S/C14H20N4/c1-2-6-18(12-8-15-9-12)10-11-7-17-14-13(11)4-3-5-16-14/h3-5,7,12,15H,2,6,8-10H2,1H3,(H,16,17). The number of aromatic amines is 1. The quantitative estimate of drug-likeness (QED) is 0.842. The fraction of sp³-hybridized carbons (Fsp3) is 0.500. The SMILES string of the molecule is CCCN(Cc1c[nH]c2ncccc12)C1CNC1. The molecule has 2 N–H and O–H groups in total. The molecule has 0 bridgehead atoms. The number of hydrogen-bond donors (Lipinski definition) is 2. The first-order valence-corrected chi connectivity index (χ1v) is 6.74. The van der Waals surface area contributed by atoms with E-state index in [4.69, 9.17) is 0 Å². The lowest BCUT2D eigenvalue weighted by atomic mass is 10.1. The van der Waals surface area contributed by atoms with Gasteiger partial charge in [0.25, 0.3) is 0 Å². The van der Waals surface area contributed by atoms with E-state index in [1.165, 1.54) is 23.9 Å². The molecule has 0 radical (unpaired) electrons. The summed E-state index contributed by atoms with van der Waals surface area (Å²) in [4.78, 5) is 10.2. The smallest absolute Gasteiger partial charge is 0.137 e. The van der Waals surface area contributed by atoms with Crippen LogP contribution in [-0.4, -0.2) is 40.5 Å². The third-order valence-electron chi connectivity index (χ3n) is 3.70. The zero-order valence-electron chi connectivity index (χ0n) is 10.8. The Kier molecular flexibility index (Phi) is 3.30. The van der Waals surface area contributed by atoms with Crippen LogP contribution in [0.25, 0.3) is 11.0 Å². The molecule has 3 rings (SSSR count). The molecule has 1 aliphatic heterocycles. The average Bonchev–Trinajstić information content (AvgIpc) is 2.71. The number of rotatable bonds is 5. The summed E-state index contributed by atoms with van der Waals surface area (Å²) >= 11 is 0. The summed E-state index contributed by atoms with van der Waals surface area (Å²) in [5, 5.41) is 4.61. The molecule has 1 fully saturated rings. The Morgan fingerprint density at radius 2 is 2.33 bits per heavy atom. The molecular formula is C14H20N4. The Balaban J connectivity index is 1.80. The zero-order valence-corrected chi connectivity index (χ0v) is 10.8. The maximum atomic E-state index is 4.35. The first-order chi connectivity index (χ1) is 8.88. The average molecular weight is 244 g/mol. The molecule has 1 aliphatic rings. The molecule has 2 aromatic heterocycles. The lowest BCUT2D eigenvalue weighted by molar-refractivity contribution is 0.138. The van der Waals surface area contributed by atoms with Gasteiger partial charge in [0.15, 0.2) is 0 Å². The van der Waals surface area contributed by atoms with Crippen LogP contribution in [0.15, 0.2) is 24.5 Å². The van der Waals surface area contributed by atoms with Gasteiger partial charge >= 0.3 is 0 Å². The topological polar surface area (TPSA) is 44.0 Å². The summed E-state index contributed by atoms with van der Waals surface area (Å²) in [6.45, 7) is 6.68. The number of aromatic nitrogens is 2. The molecule has 1 saturated heterocycles. The van der Waals surface area contributed by atoms with E-state index in [1.54, 1.807) is 0 Å². The van der Waals surface area contributed by atoms with Crippen molar-refractivity contribution in [2.75, 3.05) is 19.6 Å². The van der Waals surface area contributed by atoms with Crippen LogP contribution in [0.1, 0.15) is 18.9 Å². The van der Waals surface area contributed by atoms with Crippen LogP contribution in [0.5, 0.6) is 0 Å². The van der Waals surface area contributed by atoms with Gasteiger partial charge in [0.05, 0.1) is 0 Å².